The number of hydrogen-bond donors (Lipinski definition) is 0. The minimum atomic E-state index is -3.90. The van der Waals surface area contributed by atoms with Gasteiger partial charge >= 0.3 is 29.6 Å². The van der Waals surface area contributed by atoms with Crippen LogP contribution in [0.1, 0.15) is 12.2 Å². The molecule has 3 rings (SSSR count). The maximum absolute atomic E-state index is 12.2. The van der Waals surface area contributed by atoms with Gasteiger partial charge in [-0.2, -0.15) is 0 Å². The number of fused-ring (bicyclic) bond motifs is 1. The van der Waals surface area contributed by atoms with Crippen molar-refractivity contribution in [2.45, 2.75) is 29.7 Å². The van der Waals surface area contributed by atoms with Gasteiger partial charge in [0.25, 0.3) is 5.88 Å². The molecule has 0 spiro atoms. The van der Waals surface area contributed by atoms with Crippen molar-refractivity contribution in [1.29, 1.82) is 0 Å². The molecule has 2 aliphatic heterocycles. The van der Waals surface area contributed by atoms with Crippen molar-refractivity contribution in [2.24, 2.45) is 5.16 Å². The summed E-state index contributed by atoms with van der Waals surface area (Å²) in [7, 11) is -2.50. The normalized spacial score (nSPS) is 26.7. The molecule has 1 aromatic heterocycles. The first-order chi connectivity index (χ1) is 11.4. The summed E-state index contributed by atoms with van der Waals surface area (Å²) in [6.07, 6.45) is 0.601. The second-order valence-electron chi connectivity index (χ2n) is 5.14. The molecule has 3 atom stereocenters. The number of carboxylic acids is 1. The molecular formula is C12H12N3NaO8S. The molecule has 0 aromatic carbocycles. The van der Waals surface area contributed by atoms with Gasteiger partial charge in [-0.15, -0.1) is 0 Å². The van der Waals surface area contributed by atoms with Gasteiger partial charge in [0.15, 0.2) is 22.2 Å². The number of aromatic nitrogens is 1. The Morgan fingerprint density at radius 3 is 2.88 bits per heavy atom. The zero-order chi connectivity index (χ0) is 17.5. The fourth-order valence-corrected chi connectivity index (χ4v) is 4.73. The van der Waals surface area contributed by atoms with Crippen molar-refractivity contribution in [1.82, 2.24) is 10.1 Å². The van der Waals surface area contributed by atoms with Gasteiger partial charge in [0.2, 0.25) is 5.91 Å². The number of methoxy groups -OCH3 is 1. The molecule has 1 amide bonds. The molecule has 0 bridgehead atoms. The molecule has 1 aromatic rings. The largest absolute Gasteiger partial charge is 1.00 e. The topological polar surface area (TPSA) is 151 Å². The minimum absolute atomic E-state index is 0. The molecule has 0 aliphatic carbocycles. The third kappa shape index (κ3) is 3.38. The standard InChI is InChI=1S/C12H13N3O8S.Na/c1-21-8-2-6(23-14-8)5-22-13-4-7-11(12(17)18)15-9(16)3-10(15)24(7,19)20;/h2,4,7,10-11H,3,5H2,1H3,(H,17,18);/q;+1/p-1/b13-4-;/t7-,10?,11+;/m0./s1. The number of oxime groups is 1. The summed E-state index contributed by atoms with van der Waals surface area (Å²) in [4.78, 5) is 28.4. The summed E-state index contributed by atoms with van der Waals surface area (Å²) in [6, 6.07) is -0.171. The molecule has 0 radical (unpaired) electrons. The quantitative estimate of drug-likeness (QED) is 0.203. The Balaban J connectivity index is 0.00000225. The summed E-state index contributed by atoms with van der Waals surface area (Å²) >= 11 is 0. The van der Waals surface area contributed by atoms with Crippen LogP contribution in [0, 0.1) is 0 Å². The van der Waals surface area contributed by atoms with Crippen molar-refractivity contribution in [3.8, 4) is 5.88 Å². The zero-order valence-electron chi connectivity index (χ0n) is 13.3. The number of nitrogens with zero attached hydrogens (tertiary/aromatic N) is 3. The average molecular weight is 381 g/mol. The molecule has 1 unspecified atom stereocenters. The van der Waals surface area contributed by atoms with Gasteiger partial charge in [-0.1, -0.05) is 5.16 Å². The first-order valence-corrected chi connectivity index (χ1v) is 8.37. The Morgan fingerprint density at radius 2 is 2.32 bits per heavy atom. The van der Waals surface area contributed by atoms with Crippen LogP contribution >= 0.6 is 0 Å². The molecule has 2 saturated heterocycles. The number of aliphatic carboxylic acids is 1. The van der Waals surface area contributed by atoms with E-state index in [1.807, 2.05) is 0 Å². The Kier molecular flexibility index (Phi) is 5.76. The van der Waals surface area contributed by atoms with E-state index in [4.69, 9.17) is 14.1 Å². The van der Waals surface area contributed by atoms with Crippen LogP contribution in [0.3, 0.4) is 0 Å². The smallest absolute Gasteiger partial charge is 0.548 e. The van der Waals surface area contributed by atoms with Crippen LogP contribution in [-0.2, 0) is 30.9 Å². The number of ether oxygens (including phenoxy) is 1. The van der Waals surface area contributed by atoms with Crippen LogP contribution < -0.4 is 39.4 Å². The predicted octanol–water partition coefficient (Wildman–Crippen LogP) is -5.34. The van der Waals surface area contributed by atoms with Gasteiger partial charge in [0.05, 0.1) is 31.8 Å². The van der Waals surface area contributed by atoms with Crippen LogP contribution in [-0.4, -0.2) is 60.3 Å². The molecule has 11 nitrogen and oxygen atoms in total. The van der Waals surface area contributed by atoms with E-state index in [2.05, 4.69) is 10.3 Å². The SMILES string of the molecule is COc1cc(CO/N=C\[C@H]2[C@H](C(=O)[O-])N3C(=O)CC3S2(=O)=O)on1.[Na+]. The fourth-order valence-electron chi connectivity index (χ4n) is 2.61. The van der Waals surface area contributed by atoms with Gasteiger partial charge in [0, 0.05) is 6.07 Å². The fraction of sp³-hybridized carbons (Fsp3) is 0.500. The van der Waals surface area contributed by atoms with Crippen LogP contribution in [0.5, 0.6) is 5.88 Å². The third-order valence-corrected chi connectivity index (χ3v) is 6.08. The van der Waals surface area contributed by atoms with Crippen LogP contribution in [0.2, 0.25) is 0 Å². The van der Waals surface area contributed by atoms with Gasteiger partial charge in [-0.25, -0.2) is 8.42 Å². The number of β-lactam (4-membered cyclic amide) rings is 1. The number of amides is 1. The first kappa shape index (κ1) is 19.7. The molecule has 130 valence electrons. The Bertz CT molecular complexity index is 807. The number of hydrogen-bond acceptors (Lipinski definition) is 10. The third-order valence-electron chi connectivity index (χ3n) is 3.79. The molecule has 0 saturated carbocycles. The van der Waals surface area contributed by atoms with Gasteiger partial charge in [-0.05, 0) is 5.16 Å². The van der Waals surface area contributed by atoms with Crippen molar-refractivity contribution in [2.75, 3.05) is 7.11 Å². The van der Waals surface area contributed by atoms with Crippen molar-refractivity contribution in [3.05, 3.63) is 11.8 Å². The molecule has 0 N–H and O–H groups in total. The number of carbonyl (C=O) groups is 2. The molecule has 25 heavy (non-hydrogen) atoms. The second kappa shape index (κ2) is 7.32. The Morgan fingerprint density at radius 1 is 1.60 bits per heavy atom. The van der Waals surface area contributed by atoms with Gasteiger partial charge < -0.3 is 28.9 Å². The Labute approximate surface area is 164 Å². The molecule has 13 heteroatoms. The molecule has 3 heterocycles. The Hall–Kier alpha value is -1.63. The van der Waals surface area contributed by atoms with Gasteiger partial charge in [0.1, 0.15) is 10.6 Å². The number of rotatable bonds is 6. The van der Waals surface area contributed by atoms with Crippen LogP contribution in [0.15, 0.2) is 15.7 Å². The van der Waals surface area contributed by atoms with E-state index in [-0.39, 0.29) is 54.2 Å². The monoisotopic (exact) mass is 381 g/mol. The van der Waals surface area contributed by atoms with E-state index in [1.54, 1.807) is 0 Å². The molecule has 2 fully saturated rings. The summed E-state index contributed by atoms with van der Waals surface area (Å²) in [5, 5.41) is 15.5. The van der Waals surface area contributed by atoms with Crippen molar-refractivity contribution < 1.29 is 66.8 Å². The first-order valence-electron chi connectivity index (χ1n) is 6.76. The summed E-state index contributed by atoms with van der Waals surface area (Å²) in [5.74, 6) is -1.71. The molecule has 2 aliphatic rings. The van der Waals surface area contributed by atoms with E-state index >= 15 is 0 Å². The van der Waals surface area contributed by atoms with E-state index in [1.165, 1.54) is 13.2 Å². The molecular weight excluding hydrogens is 369 g/mol. The summed E-state index contributed by atoms with van der Waals surface area (Å²) in [6.45, 7) is -0.165. The number of carbonyl (C=O) groups excluding carboxylic acids is 2. The minimum Gasteiger partial charge on any atom is -0.548 e. The average Bonchev–Trinajstić information content (AvgIpc) is 3.04. The summed E-state index contributed by atoms with van der Waals surface area (Å²) in [5.41, 5.74) is 0. The van der Waals surface area contributed by atoms with Crippen molar-refractivity contribution >= 4 is 27.9 Å². The van der Waals surface area contributed by atoms with E-state index in [9.17, 15) is 23.1 Å². The van der Waals surface area contributed by atoms with E-state index in [0.29, 0.717) is 0 Å². The van der Waals surface area contributed by atoms with Gasteiger partial charge in [-0.3, -0.25) is 4.79 Å². The maximum Gasteiger partial charge on any atom is 1.00 e. The predicted molar refractivity (Wildman–Crippen MR) is 73.1 cm³/mol. The van der Waals surface area contributed by atoms with Crippen LogP contribution in [0.25, 0.3) is 0 Å². The van der Waals surface area contributed by atoms with E-state index in [0.717, 1.165) is 11.1 Å². The van der Waals surface area contributed by atoms with E-state index < -0.39 is 38.4 Å². The van der Waals surface area contributed by atoms with Crippen molar-refractivity contribution in [3.63, 3.8) is 0 Å². The number of sulfone groups is 1. The maximum atomic E-state index is 12.2. The number of carboxylic acid groups (broad SMARTS) is 1. The second-order valence-corrected chi connectivity index (χ2v) is 7.41. The summed E-state index contributed by atoms with van der Waals surface area (Å²) < 4.78 is 34.1. The zero-order valence-corrected chi connectivity index (χ0v) is 16.1. The van der Waals surface area contributed by atoms with Crippen LogP contribution in [0.4, 0.5) is 0 Å².